The van der Waals surface area contributed by atoms with E-state index in [0.717, 1.165) is 0 Å². The van der Waals surface area contributed by atoms with Crippen LogP contribution in [0.1, 0.15) is 10.5 Å². The van der Waals surface area contributed by atoms with Crippen molar-refractivity contribution in [2.24, 2.45) is 0 Å². The molecule has 6 heteroatoms. The van der Waals surface area contributed by atoms with Crippen molar-refractivity contribution in [1.82, 2.24) is 4.98 Å². The fraction of sp³-hybridized carbons (Fsp3) is 0. The maximum absolute atomic E-state index is 10.7. The molecule has 1 heterocycles. The van der Waals surface area contributed by atoms with E-state index in [1.807, 2.05) is 0 Å². The van der Waals surface area contributed by atoms with E-state index >= 15 is 0 Å². The number of aromatic nitrogens is 1. The van der Waals surface area contributed by atoms with Gasteiger partial charge in [0.2, 0.25) is 0 Å². The van der Waals surface area contributed by atoms with Crippen LogP contribution in [-0.2, 0) is 0 Å². The molecule has 0 fully saturated rings. The highest BCUT2D eigenvalue weighted by Crippen LogP contribution is 2.29. The number of aromatic hydroxyl groups is 1. The zero-order valence-corrected chi connectivity index (χ0v) is 9.93. The van der Waals surface area contributed by atoms with Crippen LogP contribution in [0.5, 0.6) is 5.75 Å². The Morgan fingerprint density at radius 3 is 2.56 bits per heavy atom. The quantitative estimate of drug-likeness (QED) is 0.759. The van der Waals surface area contributed by atoms with E-state index < -0.39 is 5.97 Å². The summed E-state index contributed by atoms with van der Waals surface area (Å²) in [5.41, 5.74) is 0.0717. The third-order valence-corrected chi connectivity index (χ3v) is 2.33. The van der Waals surface area contributed by atoms with Gasteiger partial charge in [-0.15, -0.1) is 0 Å². The molecular formula is C10H6AlClNO3. The molecule has 0 aliphatic heterocycles. The minimum absolute atomic E-state index is 0. The van der Waals surface area contributed by atoms with Crippen LogP contribution in [0.2, 0.25) is 5.02 Å². The number of phenols is 1. The van der Waals surface area contributed by atoms with E-state index in [1.165, 1.54) is 24.3 Å². The molecule has 79 valence electrons. The predicted octanol–water partition coefficient (Wildman–Crippen LogP) is 1.91. The van der Waals surface area contributed by atoms with Crippen LogP contribution < -0.4 is 0 Å². The molecule has 2 rings (SSSR count). The Balaban J connectivity index is 0.00000128. The van der Waals surface area contributed by atoms with E-state index in [9.17, 15) is 9.90 Å². The van der Waals surface area contributed by atoms with Crippen LogP contribution in [0.4, 0.5) is 0 Å². The molecule has 2 aromatic rings. The van der Waals surface area contributed by atoms with Gasteiger partial charge in [0.05, 0.1) is 5.02 Å². The predicted molar refractivity (Wildman–Crippen MR) is 61.1 cm³/mol. The number of nitrogens with zero attached hydrogens (tertiary/aromatic N) is 1. The van der Waals surface area contributed by atoms with Gasteiger partial charge in [-0.25, -0.2) is 9.78 Å². The van der Waals surface area contributed by atoms with Crippen LogP contribution >= 0.6 is 11.6 Å². The van der Waals surface area contributed by atoms with E-state index in [4.69, 9.17) is 16.7 Å². The number of aromatic carboxylic acids is 1. The topological polar surface area (TPSA) is 70.4 Å². The number of rotatable bonds is 1. The standard InChI is InChI=1S/C10H6ClNO3.Al/c11-6-2-4-8(13)9-5(6)1-3-7(12-9)10(14)15;/h1-4,13H,(H,14,15);. The van der Waals surface area contributed by atoms with Crippen molar-refractivity contribution in [2.45, 2.75) is 0 Å². The smallest absolute Gasteiger partial charge is 0.354 e. The third kappa shape index (κ3) is 2.12. The molecule has 16 heavy (non-hydrogen) atoms. The third-order valence-electron chi connectivity index (χ3n) is 2.00. The molecule has 0 atom stereocenters. The number of benzene rings is 1. The summed E-state index contributed by atoms with van der Waals surface area (Å²) >= 11 is 5.86. The largest absolute Gasteiger partial charge is 0.506 e. The number of phenolic OH excluding ortho intramolecular Hbond substituents is 1. The monoisotopic (exact) mass is 250 g/mol. The van der Waals surface area contributed by atoms with E-state index in [0.29, 0.717) is 10.4 Å². The summed E-state index contributed by atoms with van der Waals surface area (Å²) in [7, 11) is 0. The molecule has 0 bridgehead atoms. The van der Waals surface area contributed by atoms with Crippen molar-refractivity contribution < 1.29 is 15.0 Å². The summed E-state index contributed by atoms with van der Waals surface area (Å²) in [6.45, 7) is 0. The molecule has 0 saturated heterocycles. The van der Waals surface area contributed by atoms with E-state index in [2.05, 4.69) is 4.98 Å². The van der Waals surface area contributed by atoms with E-state index in [-0.39, 0.29) is 34.3 Å². The Bertz CT molecular complexity index is 559. The van der Waals surface area contributed by atoms with Crippen LogP contribution in [0, 0.1) is 0 Å². The summed E-state index contributed by atoms with van der Waals surface area (Å²) in [4.78, 5) is 14.5. The van der Waals surface area contributed by atoms with Gasteiger partial charge in [0.1, 0.15) is 17.0 Å². The second-order valence-electron chi connectivity index (χ2n) is 2.96. The zero-order chi connectivity index (χ0) is 11.0. The maximum atomic E-state index is 10.7. The molecule has 1 aromatic heterocycles. The average Bonchev–Trinajstić information content (AvgIpc) is 2.23. The summed E-state index contributed by atoms with van der Waals surface area (Å²) in [5.74, 6) is -1.23. The lowest BCUT2D eigenvalue weighted by Crippen LogP contribution is -1.99. The molecule has 0 aliphatic rings. The Kier molecular flexibility index (Phi) is 3.76. The van der Waals surface area contributed by atoms with Crippen molar-refractivity contribution >= 4 is 45.8 Å². The molecule has 0 saturated carbocycles. The number of hydrogen-bond acceptors (Lipinski definition) is 3. The van der Waals surface area contributed by atoms with Gasteiger partial charge in [-0.05, 0) is 24.3 Å². The molecule has 0 unspecified atom stereocenters. The van der Waals surface area contributed by atoms with Crippen LogP contribution in [0.25, 0.3) is 10.9 Å². The number of carboxylic acids is 1. The number of carboxylic acid groups (broad SMARTS) is 1. The van der Waals surface area contributed by atoms with Crippen molar-refractivity contribution in [1.29, 1.82) is 0 Å². The Morgan fingerprint density at radius 2 is 1.94 bits per heavy atom. The minimum Gasteiger partial charge on any atom is -0.506 e. The summed E-state index contributed by atoms with van der Waals surface area (Å²) in [5, 5.41) is 19.2. The van der Waals surface area contributed by atoms with Gasteiger partial charge >= 0.3 is 5.97 Å². The van der Waals surface area contributed by atoms with Gasteiger partial charge < -0.3 is 10.2 Å². The maximum Gasteiger partial charge on any atom is 0.354 e. The first kappa shape index (κ1) is 12.8. The van der Waals surface area contributed by atoms with Gasteiger partial charge in [-0.2, -0.15) is 0 Å². The average molecular weight is 251 g/mol. The molecule has 0 amide bonds. The summed E-state index contributed by atoms with van der Waals surface area (Å²) in [6, 6.07) is 5.77. The van der Waals surface area contributed by atoms with Crippen molar-refractivity contribution in [2.75, 3.05) is 0 Å². The minimum atomic E-state index is -1.14. The highest BCUT2D eigenvalue weighted by Gasteiger charge is 2.09. The second kappa shape index (κ2) is 4.71. The lowest BCUT2D eigenvalue weighted by molar-refractivity contribution is 0.0691. The lowest BCUT2D eigenvalue weighted by atomic mass is 10.2. The van der Waals surface area contributed by atoms with Gasteiger partial charge in [-0.1, -0.05) is 11.6 Å². The molecule has 4 nitrogen and oxygen atoms in total. The SMILES string of the molecule is O=C(O)c1ccc2c(Cl)ccc(O)c2n1.[Al]. The first-order valence-electron chi connectivity index (χ1n) is 4.11. The molecule has 0 spiro atoms. The number of carbonyl (C=O) groups is 1. The highest BCUT2D eigenvalue weighted by atomic mass is 35.5. The van der Waals surface area contributed by atoms with Crippen LogP contribution in [-0.4, -0.2) is 38.5 Å². The Morgan fingerprint density at radius 1 is 1.25 bits per heavy atom. The van der Waals surface area contributed by atoms with Crippen LogP contribution in [0.3, 0.4) is 0 Å². The number of fused-ring (bicyclic) bond motifs is 1. The van der Waals surface area contributed by atoms with Crippen molar-refractivity contribution in [3.8, 4) is 5.75 Å². The number of pyridine rings is 1. The van der Waals surface area contributed by atoms with Gasteiger partial charge in [0.25, 0.3) is 0 Å². The normalized spacial score (nSPS) is 9.81. The molecular weight excluding hydrogens is 245 g/mol. The van der Waals surface area contributed by atoms with E-state index in [1.54, 1.807) is 0 Å². The van der Waals surface area contributed by atoms with Crippen LogP contribution in [0.15, 0.2) is 24.3 Å². The zero-order valence-electron chi connectivity index (χ0n) is 8.01. The van der Waals surface area contributed by atoms with Gasteiger partial charge in [0, 0.05) is 22.7 Å². The number of hydrogen-bond donors (Lipinski definition) is 2. The second-order valence-corrected chi connectivity index (χ2v) is 3.37. The highest BCUT2D eigenvalue weighted by molar-refractivity contribution is 6.35. The fourth-order valence-corrected chi connectivity index (χ4v) is 1.50. The molecule has 2 N–H and O–H groups in total. The summed E-state index contributed by atoms with van der Waals surface area (Å²) in [6.07, 6.45) is 0. The Labute approximate surface area is 107 Å². The molecule has 3 radical (unpaired) electrons. The fourth-order valence-electron chi connectivity index (χ4n) is 1.29. The molecule has 0 aliphatic carbocycles. The first-order valence-corrected chi connectivity index (χ1v) is 4.49. The first-order chi connectivity index (χ1) is 7.09. The summed E-state index contributed by atoms with van der Waals surface area (Å²) < 4.78 is 0. The van der Waals surface area contributed by atoms with Crippen molar-refractivity contribution in [3.63, 3.8) is 0 Å². The van der Waals surface area contributed by atoms with Gasteiger partial charge in [0.15, 0.2) is 0 Å². The van der Waals surface area contributed by atoms with Gasteiger partial charge in [-0.3, -0.25) is 0 Å². The Hall–Kier alpha value is -1.28. The van der Waals surface area contributed by atoms with Crippen molar-refractivity contribution in [3.05, 3.63) is 35.0 Å². The molecule has 1 aromatic carbocycles. The lowest BCUT2D eigenvalue weighted by Gasteiger charge is -2.03. The number of halogens is 1.